The summed E-state index contributed by atoms with van der Waals surface area (Å²) in [5.41, 5.74) is 6.43. The zero-order chi connectivity index (χ0) is 24.6. The van der Waals surface area contributed by atoms with E-state index in [1.165, 1.54) is 5.56 Å². The molecule has 0 aliphatic carbocycles. The van der Waals surface area contributed by atoms with Crippen molar-refractivity contribution in [2.75, 3.05) is 0 Å². The third-order valence-electron chi connectivity index (χ3n) is 4.30. The number of carboxylic acid groups (broad SMARTS) is 1. The molecule has 0 amide bonds. The van der Waals surface area contributed by atoms with Crippen molar-refractivity contribution < 1.29 is 29.0 Å². The van der Waals surface area contributed by atoms with E-state index in [0.29, 0.717) is 12.8 Å². The molecule has 1 N–H and O–H groups in total. The molecule has 0 aromatic heterocycles. The van der Waals surface area contributed by atoms with Crippen molar-refractivity contribution in [3.8, 4) is 11.5 Å². The number of benzene rings is 2. The summed E-state index contributed by atoms with van der Waals surface area (Å²) in [7, 11) is 4.34. The van der Waals surface area contributed by atoms with Crippen LogP contribution in [0.4, 0.5) is 0 Å². The summed E-state index contributed by atoms with van der Waals surface area (Å²) in [6.45, 7) is 9.04. The molecule has 0 spiro atoms. The van der Waals surface area contributed by atoms with Crippen molar-refractivity contribution in [1.29, 1.82) is 0 Å². The van der Waals surface area contributed by atoms with Gasteiger partial charge in [0.15, 0.2) is 0 Å². The molecule has 0 saturated heterocycles. The number of carbonyl (C=O) groups excluding carboxylic acids is 2. The Kier molecular flexibility index (Phi) is 10.8. The van der Waals surface area contributed by atoms with Crippen LogP contribution < -0.4 is 9.47 Å². The summed E-state index contributed by atoms with van der Waals surface area (Å²) < 4.78 is 13.9. The second-order valence-corrected chi connectivity index (χ2v) is 8.15. The van der Waals surface area contributed by atoms with Gasteiger partial charge < -0.3 is 14.6 Å². The SMILES string of the molecule is CC(=O)O.Cc1cc(C)c2c(c1)CC(=O)O2.Cc1cc2c(c(C)c1Br)OC(=O)C2.[B]=NS. The number of aryl methyl sites for hydroxylation is 3. The molecule has 0 fully saturated rings. The standard InChI is InChI=1S/C10H9BrO2.C10H10O2.C2H4O2.BHNS/c1-5-3-7-4-8(12)13-10(7)6(2)9(5)11;1-6-3-7(2)10-8(4-6)5-9(11)12-10;1-2(3)4;1-2-3/h3H,4H2,1-2H3;3-4H,5H2,1-2H3;1H3,(H,3,4);3H. The molecule has 2 aromatic carbocycles. The summed E-state index contributed by atoms with van der Waals surface area (Å²) in [6, 6.07) is 6.03. The van der Waals surface area contributed by atoms with Gasteiger partial charge in [0, 0.05) is 28.1 Å². The Morgan fingerprint density at radius 3 is 1.94 bits per heavy atom. The predicted octanol–water partition coefficient (Wildman–Crippen LogP) is 4.57. The zero-order valence-corrected chi connectivity index (χ0v) is 21.0. The fourth-order valence-electron chi connectivity index (χ4n) is 3.23. The van der Waals surface area contributed by atoms with Crippen molar-refractivity contribution in [1.82, 2.24) is 0 Å². The second-order valence-electron chi connectivity index (χ2n) is 7.13. The van der Waals surface area contributed by atoms with Gasteiger partial charge in [-0.2, -0.15) is 0 Å². The van der Waals surface area contributed by atoms with Crippen LogP contribution >= 0.6 is 28.7 Å². The van der Waals surface area contributed by atoms with Crippen LogP contribution in [-0.4, -0.2) is 30.7 Å². The number of rotatable bonds is 0. The fourth-order valence-corrected chi connectivity index (χ4v) is 3.52. The molecule has 2 aromatic rings. The van der Waals surface area contributed by atoms with E-state index < -0.39 is 5.97 Å². The number of ether oxygens (including phenoxy) is 2. The predicted molar refractivity (Wildman–Crippen MR) is 129 cm³/mol. The third kappa shape index (κ3) is 7.91. The number of carbonyl (C=O) groups is 3. The molecule has 2 heterocycles. The van der Waals surface area contributed by atoms with Gasteiger partial charge in [-0.1, -0.05) is 39.7 Å². The molecule has 32 heavy (non-hydrogen) atoms. The summed E-state index contributed by atoms with van der Waals surface area (Å²) in [4.78, 5) is 31.0. The van der Waals surface area contributed by atoms with Crippen molar-refractivity contribution in [2.45, 2.75) is 47.5 Å². The first-order chi connectivity index (χ1) is 14.9. The molecule has 0 bridgehead atoms. The number of hydrogen-bond donors (Lipinski definition) is 2. The van der Waals surface area contributed by atoms with E-state index in [1.807, 2.05) is 45.9 Å². The topological polar surface area (TPSA) is 102 Å². The van der Waals surface area contributed by atoms with Crippen LogP contribution in [0, 0.1) is 27.7 Å². The van der Waals surface area contributed by atoms with Crippen LogP contribution in [-0.2, 0) is 27.2 Å². The Morgan fingerprint density at radius 1 is 1.00 bits per heavy atom. The summed E-state index contributed by atoms with van der Waals surface area (Å²) in [5, 5.41) is 7.42. The number of thiol groups is 1. The summed E-state index contributed by atoms with van der Waals surface area (Å²) >= 11 is 6.65. The van der Waals surface area contributed by atoms with Gasteiger partial charge in [0.1, 0.15) is 11.5 Å². The molecule has 0 atom stereocenters. The fraction of sp³-hybridized carbons (Fsp3) is 0.318. The van der Waals surface area contributed by atoms with Crippen LogP contribution in [0.5, 0.6) is 11.5 Å². The van der Waals surface area contributed by atoms with E-state index >= 15 is 0 Å². The minimum atomic E-state index is -0.833. The Hall–Kier alpha value is -2.46. The van der Waals surface area contributed by atoms with Gasteiger partial charge in [-0.25, -0.2) is 0 Å². The molecule has 2 aliphatic heterocycles. The van der Waals surface area contributed by atoms with Crippen LogP contribution in [0.1, 0.15) is 40.3 Å². The van der Waals surface area contributed by atoms with Crippen LogP contribution in [0.3, 0.4) is 0 Å². The first-order valence-electron chi connectivity index (χ1n) is 9.45. The molecule has 10 heteroatoms. The van der Waals surface area contributed by atoms with E-state index in [0.717, 1.165) is 50.7 Å². The number of fused-ring (bicyclic) bond motifs is 2. The van der Waals surface area contributed by atoms with E-state index in [-0.39, 0.29) is 11.9 Å². The Bertz CT molecular complexity index is 1050. The van der Waals surface area contributed by atoms with Crippen molar-refractivity contribution in [3.05, 3.63) is 56.1 Å². The van der Waals surface area contributed by atoms with Gasteiger partial charge in [-0.05, 0) is 38.8 Å². The van der Waals surface area contributed by atoms with Crippen LogP contribution in [0.15, 0.2) is 27.0 Å². The molecule has 0 unspecified atom stereocenters. The second kappa shape index (κ2) is 12.5. The van der Waals surface area contributed by atoms with Crippen molar-refractivity contribution in [3.63, 3.8) is 0 Å². The number of halogens is 1. The van der Waals surface area contributed by atoms with Gasteiger partial charge >= 0.3 is 36.7 Å². The monoisotopic (exact) mass is 520 g/mol. The number of aliphatic carboxylic acids is 1. The van der Waals surface area contributed by atoms with Gasteiger partial charge in [-0.3, -0.25) is 14.4 Å². The molecular formula is C22H24BBrNO6S. The van der Waals surface area contributed by atoms with Crippen molar-refractivity contribution >= 4 is 54.3 Å². The Labute approximate surface area is 202 Å². The normalized spacial score (nSPS) is 12.3. The molecular weight excluding hydrogens is 497 g/mol. The van der Waals surface area contributed by atoms with E-state index in [2.05, 4.69) is 40.7 Å². The molecule has 7 nitrogen and oxygen atoms in total. The van der Waals surface area contributed by atoms with E-state index in [1.54, 1.807) is 0 Å². The van der Waals surface area contributed by atoms with Gasteiger partial charge in [0.05, 0.1) is 12.8 Å². The van der Waals surface area contributed by atoms with Gasteiger partial charge in [0.2, 0.25) is 0 Å². The molecule has 169 valence electrons. The minimum absolute atomic E-state index is 0.140. The first-order valence-corrected chi connectivity index (χ1v) is 10.6. The maximum atomic E-state index is 11.0. The van der Waals surface area contributed by atoms with E-state index in [9.17, 15) is 9.59 Å². The molecule has 0 saturated carbocycles. The molecule has 4 rings (SSSR count). The van der Waals surface area contributed by atoms with Crippen molar-refractivity contribution in [2.24, 2.45) is 4.30 Å². The summed E-state index contributed by atoms with van der Waals surface area (Å²) in [5.74, 6) is 0.377. The maximum absolute atomic E-state index is 11.0. The summed E-state index contributed by atoms with van der Waals surface area (Å²) in [6.07, 6.45) is 0.835. The molecule has 2 aliphatic rings. The van der Waals surface area contributed by atoms with Gasteiger partial charge in [-0.15, -0.1) is 0 Å². The number of esters is 2. The van der Waals surface area contributed by atoms with E-state index in [4.69, 9.17) is 19.4 Å². The number of nitrogens with zero attached hydrogens (tertiary/aromatic N) is 1. The average molecular weight is 521 g/mol. The third-order valence-corrected chi connectivity index (χ3v) is 5.52. The van der Waals surface area contributed by atoms with Gasteiger partial charge in [0.25, 0.3) is 5.97 Å². The molecule has 1 radical (unpaired) electrons. The number of hydrogen-bond acceptors (Lipinski definition) is 7. The Morgan fingerprint density at radius 2 is 1.44 bits per heavy atom. The van der Waals surface area contributed by atoms with Crippen LogP contribution in [0.25, 0.3) is 0 Å². The quantitative estimate of drug-likeness (QED) is 0.228. The zero-order valence-electron chi connectivity index (χ0n) is 18.5. The Balaban J connectivity index is 0.000000250. The number of carboxylic acids is 1. The van der Waals surface area contributed by atoms with Crippen LogP contribution in [0.2, 0.25) is 0 Å². The average Bonchev–Trinajstić information content (AvgIpc) is 3.22. The first kappa shape index (κ1) is 27.6.